The molecule has 1 saturated heterocycles. The average molecular weight is 488 g/mol. The minimum atomic E-state index is 0. The molecule has 1 amide bonds. The van der Waals surface area contributed by atoms with Crippen molar-refractivity contribution in [2.24, 2.45) is 10.9 Å². The minimum Gasteiger partial charge on any atom is -0.497 e. The quantitative estimate of drug-likeness (QED) is 0.380. The highest BCUT2D eigenvalue weighted by Gasteiger charge is 2.19. The maximum atomic E-state index is 11.9. The monoisotopic (exact) mass is 488 g/mol. The van der Waals surface area contributed by atoms with Crippen LogP contribution in [-0.2, 0) is 11.2 Å². The molecule has 1 aliphatic rings. The molecule has 1 N–H and O–H groups in total. The third kappa shape index (κ3) is 7.94. The highest BCUT2D eigenvalue weighted by atomic mass is 127. The van der Waals surface area contributed by atoms with Crippen LogP contribution >= 0.6 is 24.0 Å². The van der Waals surface area contributed by atoms with Crippen molar-refractivity contribution in [2.75, 3.05) is 47.4 Å². The molecule has 1 atom stereocenters. The predicted octanol–water partition coefficient (Wildman–Crippen LogP) is 2.62. The van der Waals surface area contributed by atoms with Crippen molar-refractivity contribution in [2.45, 2.75) is 26.2 Å². The fourth-order valence-corrected chi connectivity index (χ4v) is 3.04. The van der Waals surface area contributed by atoms with Crippen LogP contribution in [0.2, 0.25) is 0 Å². The van der Waals surface area contributed by atoms with Crippen LogP contribution in [0.5, 0.6) is 5.75 Å². The van der Waals surface area contributed by atoms with Gasteiger partial charge in [-0.2, -0.15) is 0 Å². The maximum absolute atomic E-state index is 11.9. The highest BCUT2D eigenvalue weighted by molar-refractivity contribution is 14.0. The number of nitrogens with one attached hydrogen (secondary N) is 1. The summed E-state index contributed by atoms with van der Waals surface area (Å²) in [5.74, 6) is 2.39. The first-order valence-corrected chi connectivity index (χ1v) is 9.36. The largest absolute Gasteiger partial charge is 0.497 e. The summed E-state index contributed by atoms with van der Waals surface area (Å²) in [5, 5.41) is 3.46. The van der Waals surface area contributed by atoms with Crippen molar-refractivity contribution in [1.29, 1.82) is 0 Å². The zero-order chi connectivity index (χ0) is 18.9. The van der Waals surface area contributed by atoms with Gasteiger partial charge < -0.3 is 19.9 Å². The molecular weight excluding hydrogens is 455 g/mol. The molecule has 0 saturated carbocycles. The van der Waals surface area contributed by atoms with Gasteiger partial charge in [-0.3, -0.25) is 4.79 Å². The summed E-state index contributed by atoms with van der Waals surface area (Å²) in [4.78, 5) is 20.4. The second-order valence-corrected chi connectivity index (χ2v) is 7.15. The standard InChI is InChI=1S/C20H32N4O2.HI/c1-16-6-5-13-24(15-16)20(22-14-19(25)23(2)3)21-12-11-17-7-9-18(26-4)10-8-17;/h7-10,16H,5-6,11-15H2,1-4H3,(H,21,22);1H. The zero-order valence-corrected chi connectivity index (χ0v) is 19.2. The van der Waals surface area contributed by atoms with Crippen molar-refractivity contribution in [1.82, 2.24) is 15.1 Å². The molecule has 152 valence electrons. The lowest BCUT2D eigenvalue weighted by atomic mass is 10.0. The summed E-state index contributed by atoms with van der Waals surface area (Å²) in [6, 6.07) is 8.12. The first-order valence-electron chi connectivity index (χ1n) is 9.36. The van der Waals surface area contributed by atoms with Gasteiger partial charge in [0, 0.05) is 33.7 Å². The molecule has 7 heteroatoms. The summed E-state index contributed by atoms with van der Waals surface area (Å²) in [5.41, 5.74) is 1.24. The van der Waals surface area contributed by atoms with Crippen LogP contribution in [-0.4, -0.2) is 69.1 Å². The van der Waals surface area contributed by atoms with Crippen LogP contribution in [0, 0.1) is 5.92 Å². The summed E-state index contributed by atoms with van der Waals surface area (Å²) >= 11 is 0. The molecule has 1 heterocycles. The van der Waals surface area contributed by atoms with Gasteiger partial charge in [-0.1, -0.05) is 19.1 Å². The Bertz CT molecular complexity index is 605. The molecule has 0 spiro atoms. The third-order valence-corrected chi connectivity index (χ3v) is 4.68. The number of rotatable bonds is 6. The van der Waals surface area contributed by atoms with Gasteiger partial charge in [0.15, 0.2) is 5.96 Å². The van der Waals surface area contributed by atoms with Crippen molar-refractivity contribution in [3.05, 3.63) is 29.8 Å². The summed E-state index contributed by atoms with van der Waals surface area (Å²) in [7, 11) is 5.20. The maximum Gasteiger partial charge on any atom is 0.243 e. The highest BCUT2D eigenvalue weighted by Crippen LogP contribution is 2.15. The van der Waals surface area contributed by atoms with E-state index in [1.54, 1.807) is 26.1 Å². The number of carbonyl (C=O) groups is 1. The van der Waals surface area contributed by atoms with E-state index >= 15 is 0 Å². The molecule has 1 fully saturated rings. The summed E-state index contributed by atoms with van der Waals surface area (Å²) < 4.78 is 5.20. The molecule has 2 rings (SSSR count). The van der Waals surface area contributed by atoms with Crippen LogP contribution < -0.4 is 10.1 Å². The number of aliphatic imine (C=N–C) groups is 1. The number of likely N-dealkylation sites (tertiary alicyclic amines) is 1. The molecule has 1 aromatic rings. The van der Waals surface area contributed by atoms with Crippen molar-refractivity contribution in [3.63, 3.8) is 0 Å². The van der Waals surface area contributed by atoms with Crippen LogP contribution in [0.25, 0.3) is 0 Å². The Morgan fingerprint density at radius 1 is 1.33 bits per heavy atom. The molecule has 0 bridgehead atoms. The summed E-state index contributed by atoms with van der Waals surface area (Å²) in [6.07, 6.45) is 3.32. The molecule has 0 aliphatic carbocycles. The van der Waals surface area contributed by atoms with Gasteiger partial charge in [0.25, 0.3) is 0 Å². The molecule has 0 radical (unpaired) electrons. The summed E-state index contributed by atoms with van der Waals surface area (Å²) in [6.45, 7) is 5.22. The second kappa shape index (κ2) is 12.0. The number of nitrogens with zero attached hydrogens (tertiary/aromatic N) is 3. The zero-order valence-electron chi connectivity index (χ0n) is 16.9. The predicted molar refractivity (Wildman–Crippen MR) is 121 cm³/mol. The van der Waals surface area contributed by atoms with E-state index in [9.17, 15) is 4.79 Å². The van der Waals surface area contributed by atoms with E-state index in [1.165, 1.54) is 18.4 Å². The SMILES string of the molecule is COc1ccc(CCNC(=NCC(=O)N(C)C)N2CCCC(C)C2)cc1.I. The lowest BCUT2D eigenvalue weighted by Gasteiger charge is -2.33. The average Bonchev–Trinajstić information content (AvgIpc) is 2.64. The van der Waals surface area contributed by atoms with E-state index in [0.717, 1.165) is 37.8 Å². The lowest BCUT2D eigenvalue weighted by Crippen LogP contribution is -2.47. The van der Waals surface area contributed by atoms with Crippen LogP contribution in [0.1, 0.15) is 25.3 Å². The Kier molecular flexibility index (Phi) is 10.5. The fourth-order valence-electron chi connectivity index (χ4n) is 3.04. The van der Waals surface area contributed by atoms with Crippen LogP contribution in [0.4, 0.5) is 0 Å². The van der Waals surface area contributed by atoms with E-state index in [-0.39, 0.29) is 36.4 Å². The van der Waals surface area contributed by atoms with Crippen LogP contribution in [0.15, 0.2) is 29.3 Å². The van der Waals surface area contributed by atoms with Crippen molar-refractivity contribution in [3.8, 4) is 5.75 Å². The number of carbonyl (C=O) groups excluding carboxylic acids is 1. The molecule has 0 aromatic heterocycles. The second-order valence-electron chi connectivity index (χ2n) is 7.15. The minimum absolute atomic E-state index is 0. The van der Waals surface area contributed by atoms with E-state index in [0.29, 0.717) is 5.92 Å². The lowest BCUT2D eigenvalue weighted by molar-refractivity contribution is -0.127. The number of hydrogen-bond donors (Lipinski definition) is 1. The van der Waals surface area contributed by atoms with Gasteiger partial charge in [-0.15, -0.1) is 24.0 Å². The number of halogens is 1. The first-order chi connectivity index (χ1) is 12.5. The van der Waals surface area contributed by atoms with E-state index < -0.39 is 0 Å². The van der Waals surface area contributed by atoms with Gasteiger partial charge in [0.05, 0.1) is 7.11 Å². The Hall–Kier alpha value is -1.51. The van der Waals surface area contributed by atoms with Crippen molar-refractivity contribution >= 4 is 35.8 Å². The normalized spacial score (nSPS) is 17.1. The van der Waals surface area contributed by atoms with Crippen molar-refractivity contribution < 1.29 is 9.53 Å². The smallest absolute Gasteiger partial charge is 0.243 e. The Balaban J connectivity index is 0.00000364. The molecule has 6 nitrogen and oxygen atoms in total. The number of benzene rings is 1. The van der Waals surface area contributed by atoms with E-state index in [1.807, 2.05) is 12.1 Å². The van der Waals surface area contributed by atoms with Gasteiger partial charge in [-0.05, 0) is 42.9 Å². The Labute approximate surface area is 180 Å². The third-order valence-electron chi connectivity index (χ3n) is 4.68. The molecular formula is C20H33IN4O2. The molecule has 1 unspecified atom stereocenters. The Morgan fingerprint density at radius 3 is 2.63 bits per heavy atom. The number of methoxy groups -OCH3 is 1. The molecule has 1 aliphatic heterocycles. The van der Waals surface area contributed by atoms with E-state index in [4.69, 9.17) is 4.74 Å². The fraction of sp³-hybridized carbons (Fsp3) is 0.600. The van der Waals surface area contributed by atoms with Gasteiger partial charge in [-0.25, -0.2) is 4.99 Å². The first kappa shape index (κ1) is 23.5. The van der Waals surface area contributed by atoms with Crippen LogP contribution in [0.3, 0.4) is 0 Å². The van der Waals surface area contributed by atoms with Gasteiger partial charge in [0.1, 0.15) is 12.3 Å². The van der Waals surface area contributed by atoms with Gasteiger partial charge in [0.2, 0.25) is 5.91 Å². The number of hydrogen-bond acceptors (Lipinski definition) is 3. The number of amides is 1. The number of piperidine rings is 1. The molecule has 27 heavy (non-hydrogen) atoms. The topological polar surface area (TPSA) is 57.2 Å². The number of guanidine groups is 1. The van der Waals surface area contributed by atoms with Gasteiger partial charge >= 0.3 is 0 Å². The van der Waals surface area contributed by atoms with E-state index in [2.05, 4.69) is 34.3 Å². The number of ether oxygens (including phenoxy) is 1. The molecule has 1 aromatic carbocycles. The number of likely N-dealkylation sites (N-methyl/N-ethyl adjacent to an activating group) is 1. The Morgan fingerprint density at radius 2 is 2.04 bits per heavy atom.